The summed E-state index contributed by atoms with van der Waals surface area (Å²) in [4.78, 5) is 24.6. The van der Waals surface area contributed by atoms with Gasteiger partial charge in [-0.2, -0.15) is 11.3 Å². The van der Waals surface area contributed by atoms with Gasteiger partial charge in [-0.05, 0) is 54.3 Å². The second-order valence-electron chi connectivity index (χ2n) is 6.59. The molecule has 0 saturated carbocycles. The lowest BCUT2D eigenvalue weighted by atomic mass is 9.89. The minimum absolute atomic E-state index is 0.00903. The molecule has 5 nitrogen and oxygen atoms in total. The molecule has 0 atom stereocenters. The monoisotopic (exact) mass is 397 g/mol. The van der Waals surface area contributed by atoms with Crippen LogP contribution in [0.1, 0.15) is 47.2 Å². The van der Waals surface area contributed by atoms with E-state index in [1.807, 2.05) is 29.0 Å². The molecule has 0 spiro atoms. The van der Waals surface area contributed by atoms with Gasteiger partial charge in [0.05, 0.1) is 0 Å². The number of benzene rings is 1. The molecule has 0 fully saturated rings. The first-order valence-corrected chi connectivity index (χ1v) is 10.8. The number of fused-ring (bicyclic) bond motifs is 1. The molecule has 1 aromatic carbocycles. The smallest absolute Gasteiger partial charge is 0.226 e. The molecule has 1 aliphatic carbocycles. The summed E-state index contributed by atoms with van der Waals surface area (Å²) in [6.07, 6.45) is 4.88. The maximum atomic E-state index is 12.4. The van der Waals surface area contributed by atoms with E-state index in [2.05, 4.69) is 21.6 Å². The number of carbonyl (C=O) groups is 2. The number of nitrogens with zero attached hydrogens (tertiary/aromatic N) is 2. The van der Waals surface area contributed by atoms with Crippen LogP contribution in [0.25, 0.3) is 10.6 Å². The highest BCUT2D eigenvalue weighted by atomic mass is 32.1. The first-order valence-electron chi connectivity index (χ1n) is 9.00. The molecule has 27 heavy (non-hydrogen) atoms. The van der Waals surface area contributed by atoms with Gasteiger partial charge in [0.1, 0.15) is 5.01 Å². The van der Waals surface area contributed by atoms with Crippen molar-refractivity contribution in [2.75, 3.05) is 5.32 Å². The maximum Gasteiger partial charge on any atom is 0.226 e. The van der Waals surface area contributed by atoms with Crippen LogP contribution in [0, 0.1) is 0 Å². The Bertz CT molecular complexity index is 964. The molecule has 0 radical (unpaired) electrons. The largest absolute Gasteiger partial charge is 0.301 e. The Hall–Kier alpha value is -2.38. The van der Waals surface area contributed by atoms with E-state index in [-0.39, 0.29) is 24.5 Å². The van der Waals surface area contributed by atoms with Crippen LogP contribution >= 0.6 is 22.7 Å². The van der Waals surface area contributed by atoms with Crippen LogP contribution in [0.5, 0.6) is 0 Å². The highest BCUT2D eigenvalue weighted by Gasteiger charge is 2.15. The van der Waals surface area contributed by atoms with Crippen LogP contribution in [-0.4, -0.2) is 21.9 Å². The summed E-state index contributed by atoms with van der Waals surface area (Å²) in [5.41, 5.74) is 4.35. The number of carbonyl (C=O) groups excluding carboxylic acids is 2. The Balaban J connectivity index is 1.32. The number of Topliss-reactive ketones (excluding diaryl/α,β-unsaturated/α-hetero) is 1. The second kappa shape index (κ2) is 8.10. The summed E-state index contributed by atoms with van der Waals surface area (Å²) in [5.74, 6) is -0.205. The number of thiophene rings is 1. The predicted octanol–water partition coefficient (Wildman–Crippen LogP) is 4.75. The minimum atomic E-state index is -0.214. The first kappa shape index (κ1) is 18.0. The summed E-state index contributed by atoms with van der Waals surface area (Å²) < 4.78 is 0. The molecular weight excluding hydrogens is 378 g/mol. The maximum absolute atomic E-state index is 12.4. The fraction of sp³-hybridized carbons (Fsp3) is 0.300. The number of rotatable bonds is 6. The number of hydrogen-bond acceptors (Lipinski definition) is 6. The van der Waals surface area contributed by atoms with E-state index in [0.29, 0.717) is 10.7 Å². The van der Waals surface area contributed by atoms with Crippen LogP contribution in [0.15, 0.2) is 35.0 Å². The second-order valence-corrected chi connectivity index (χ2v) is 8.34. The summed E-state index contributed by atoms with van der Waals surface area (Å²) in [7, 11) is 0. The van der Waals surface area contributed by atoms with Gasteiger partial charge in [0.15, 0.2) is 5.78 Å². The summed E-state index contributed by atoms with van der Waals surface area (Å²) >= 11 is 2.92. The van der Waals surface area contributed by atoms with Crippen molar-refractivity contribution in [1.29, 1.82) is 0 Å². The minimum Gasteiger partial charge on any atom is -0.301 e. The van der Waals surface area contributed by atoms with Crippen molar-refractivity contribution in [3.05, 3.63) is 51.7 Å². The zero-order chi connectivity index (χ0) is 18.6. The fourth-order valence-electron chi connectivity index (χ4n) is 3.24. The topological polar surface area (TPSA) is 72.0 Å². The molecule has 0 aliphatic heterocycles. The number of aromatic nitrogens is 2. The number of nitrogens with one attached hydrogen (secondary N) is 1. The lowest BCUT2D eigenvalue weighted by Crippen LogP contribution is -2.14. The molecule has 4 rings (SSSR count). The predicted molar refractivity (Wildman–Crippen MR) is 109 cm³/mol. The van der Waals surface area contributed by atoms with E-state index in [4.69, 9.17) is 0 Å². The van der Waals surface area contributed by atoms with Gasteiger partial charge in [0.25, 0.3) is 0 Å². The Morgan fingerprint density at radius 1 is 1.04 bits per heavy atom. The molecule has 1 N–H and O–H groups in total. The lowest BCUT2D eigenvalue weighted by molar-refractivity contribution is -0.116. The van der Waals surface area contributed by atoms with Gasteiger partial charge in [-0.15, -0.1) is 10.2 Å². The van der Waals surface area contributed by atoms with Crippen molar-refractivity contribution < 1.29 is 9.59 Å². The Morgan fingerprint density at radius 2 is 1.89 bits per heavy atom. The van der Waals surface area contributed by atoms with Gasteiger partial charge in [0.2, 0.25) is 11.0 Å². The molecule has 3 aromatic rings. The Labute approximate surface area is 165 Å². The van der Waals surface area contributed by atoms with Crippen LogP contribution in [0.3, 0.4) is 0 Å². The third kappa shape index (κ3) is 4.31. The molecule has 138 valence electrons. The number of anilines is 1. The highest BCUT2D eigenvalue weighted by molar-refractivity contribution is 7.19. The molecule has 0 saturated heterocycles. The van der Waals surface area contributed by atoms with Gasteiger partial charge < -0.3 is 5.32 Å². The zero-order valence-corrected chi connectivity index (χ0v) is 16.4. The van der Waals surface area contributed by atoms with Gasteiger partial charge in [-0.25, -0.2) is 0 Å². The van der Waals surface area contributed by atoms with Crippen LogP contribution in [0.2, 0.25) is 0 Å². The third-order valence-electron chi connectivity index (χ3n) is 4.69. The quantitative estimate of drug-likeness (QED) is 0.610. The van der Waals surface area contributed by atoms with E-state index >= 15 is 0 Å². The van der Waals surface area contributed by atoms with Crippen molar-refractivity contribution in [2.24, 2.45) is 0 Å². The third-order valence-corrected chi connectivity index (χ3v) is 6.26. The summed E-state index contributed by atoms with van der Waals surface area (Å²) in [6, 6.07) is 7.93. The summed E-state index contributed by atoms with van der Waals surface area (Å²) in [5, 5.41) is 16.0. The molecule has 2 aromatic heterocycles. The Morgan fingerprint density at radius 3 is 2.70 bits per heavy atom. The average molecular weight is 398 g/mol. The van der Waals surface area contributed by atoms with E-state index in [1.165, 1.54) is 35.3 Å². The van der Waals surface area contributed by atoms with Gasteiger partial charge >= 0.3 is 0 Å². The molecule has 0 unspecified atom stereocenters. The van der Waals surface area contributed by atoms with Crippen molar-refractivity contribution >= 4 is 39.5 Å². The molecule has 2 heterocycles. The van der Waals surface area contributed by atoms with Gasteiger partial charge in [-0.1, -0.05) is 23.5 Å². The van der Waals surface area contributed by atoms with Crippen LogP contribution in [0.4, 0.5) is 5.13 Å². The highest BCUT2D eigenvalue weighted by Crippen LogP contribution is 2.28. The molecular formula is C20H19N3O2S2. The van der Waals surface area contributed by atoms with E-state index < -0.39 is 0 Å². The average Bonchev–Trinajstić information content (AvgIpc) is 3.37. The first-order chi connectivity index (χ1) is 13.2. The lowest BCUT2D eigenvalue weighted by Gasteiger charge is -2.16. The SMILES string of the molecule is O=C(CCC(=O)c1ccc2c(c1)CCCC2)Nc1nnc(-c2ccsc2)s1. The molecule has 0 bridgehead atoms. The fourth-order valence-corrected chi connectivity index (χ4v) is 4.71. The van der Waals surface area contributed by atoms with Gasteiger partial charge in [0, 0.05) is 29.3 Å². The Kier molecular flexibility index (Phi) is 5.40. The van der Waals surface area contributed by atoms with E-state index in [0.717, 1.165) is 23.4 Å². The number of hydrogen-bond donors (Lipinski definition) is 1. The van der Waals surface area contributed by atoms with Crippen LogP contribution in [-0.2, 0) is 17.6 Å². The van der Waals surface area contributed by atoms with Crippen LogP contribution < -0.4 is 5.32 Å². The van der Waals surface area contributed by atoms with Gasteiger partial charge in [-0.3, -0.25) is 9.59 Å². The zero-order valence-electron chi connectivity index (χ0n) is 14.7. The number of amides is 1. The number of ketones is 1. The van der Waals surface area contributed by atoms with Crippen molar-refractivity contribution in [3.63, 3.8) is 0 Å². The standard InChI is InChI=1S/C20H19N3O2S2/c24-17(15-6-5-13-3-1-2-4-14(13)11-15)7-8-18(25)21-20-23-22-19(27-20)16-9-10-26-12-16/h5-6,9-12H,1-4,7-8H2,(H,21,23,25). The molecule has 1 amide bonds. The van der Waals surface area contributed by atoms with E-state index in [1.54, 1.807) is 11.3 Å². The van der Waals surface area contributed by atoms with Crippen molar-refractivity contribution in [1.82, 2.24) is 10.2 Å². The van der Waals surface area contributed by atoms with Crippen molar-refractivity contribution in [3.8, 4) is 10.6 Å². The molecule has 1 aliphatic rings. The normalized spacial score (nSPS) is 13.2. The van der Waals surface area contributed by atoms with Crippen molar-refractivity contribution in [2.45, 2.75) is 38.5 Å². The summed E-state index contributed by atoms with van der Waals surface area (Å²) in [6.45, 7) is 0. The molecule has 7 heteroatoms. The van der Waals surface area contributed by atoms with E-state index in [9.17, 15) is 9.59 Å². The number of aryl methyl sites for hydroxylation is 2.